The van der Waals surface area contributed by atoms with Crippen LogP contribution in [0.2, 0.25) is 0 Å². The molecule has 0 spiro atoms. The molecule has 0 amide bonds. The van der Waals surface area contributed by atoms with Crippen molar-refractivity contribution in [2.75, 3.05) is 6.54 Å². The van der Waals surface area contributed by atoms with Crippen molar-refractivity contribution >= 4 is 5.97 Å². The first kappa shape index (κ1) is 12.5. The predicted molar refractivity (Wildman–Crippen MR) is 60.9 cm³/mol. The highest BCUT2D eigenvalue weighted by atomic mass is 16.4. The zero-order valence-electron chi connectivity index (χ0n) is 9.67. The molecule has 2 N–H and O–H groups in total. The molecule has 1 atom stereocenters. The summed E-state index contributed by atoms with van der Waals surface area (Å²) in [6, 6.07) is -0.406. The molecule has 0 aliphatic heterocycles. The Morgan fingerprint density at radius 2 is 2.07 bits per heavy atom. The minimum absolute atomic E-state index is 0.406. The molecule has 1 rings (SSSR count). The summed E-state index contributed by atoms with van der Waals surface area (Å²) in [4.78, 5) is 10.5. The highest BCUT2D eigenvalue weighted by Crippen LogP contribution is 2.26. The summed E-state index contributed by atoms with van der Waals surface area (Å²) < 4.78 is 0. The van der Waals surface area contributed by atoms with E-state index in [9.17, 15) is 4.79 Å². The van der Waals surface area contributed by atoms with Crippen LogP contribution in [0.15, 0.2) is 0 Å². The zero-order chi connectivity index (χ0) is 11.1. The SMILES string of the molecule is C[C@@H](NCCCC1CCCCC1)C(=O)O. The minimum Gasteiger partial charge on any atom is -0.480 e. The van der Waals surface area contributed by atoms with E-state index in [0.717, 1.165) is 18.9 Å². The summed E-state index contributed by atoms with van der Waals surface area (Å²) >= 11 is 0. The lowest BCUT2D eigenvalue weighted by molar-refractivity contribution is -0.138. The van der Waals surface area contributed by atoms with Crippen molar-refractivity contribution in [3.8, 4) is 0 Å². The highest BCUT2D eigenvalue weighted by molar-refractivity contribution is 5.72. The third-order valence-electron chi connectivity index (χ3n) is 3.33. The first-order valence-electron chi connectivity index (χ1n) is 6.16. The maximum atomic E-state index is 10.5. The van der Waals surface area contributed by atoms with Gasteiger partial charge in [-0.05, 0) is 32.2 Å². The average molecular weight is 213 g/mol. The number of hydrogen-bond donors (Lipinski definition) is 2. The Hall–Kier alpha value is -0.570. The molecule has 1 aliphatic rings. The summed E-state index contributed by atoms with van der Waals surface area (Å²) in [5.74, 6) is 0.147. The summed E-state index contributed by atoms with van der Waals surface area (Å²) in [7, 11) is 0. The molecule has 1 fully saturated rings. The lowest BCUT2D eigenvalue weighted by atomic mass is 9.86. The standard InChI is InChI=1S/C12H23NO2/c1-10(12(14)15)13-9-5-8-11-6-3-2-4-7-11/h10-11,13H,2-9H2,1H3,(H,14,15)/t10-/m1/s1. The van der Waals surface area contributed by atoms with Gasteiger partial charge in [0.05, 0.1) is 0 Å². The van der Waals surface area contributed by atoms with Crippen molar-refractivity contribution in [3.05, 3.63) is 0 Å². The second-order valence-electron chi connectivity index (χ2n) is 4.66. The fourth-order valence-electron chi connectivity index (χ4n) is 2.27. The van der Waals surface area contributed by atoms with E-state index in [-0.39, 0.29) is 0 Å². The summed E-state index contributed by atoms with van der Waals surface area (Å²) in [6.45, 7) is 2.53. The van der Waals surface area contributed by atoms with E-state index in [4.69, 9.17) is 5.11 Å². The molecule has 15 heavy (non-hydrogen) atoms. The van der Waals surface area contributed by atoms with Crippen molar-refractivity contribution in [1.29, 1.82) is 0 Å². The number of rotatable bonds is 6. The van der Waals surface area contributed by atoms with Gasteiger partial charge < -0.3 is 10.4 Å². The van der Waals surface area contributed by atoms with Gasteiger partial charge in [-0.1, -0.05) is 32.1 Å². The fraction of sp³-hybridized carbons (Fsp3) is 0.917. The summed E-state index contributed by atoms with van der Waals surface area (Å²) in [6.07, 6.45) is 9.34. The van der Waals surface area contributed by atoms with Crippen molar-refractivity contribution < 1.29 is 9.90 Å². The number of aliphatic carboxylic acids is 1. The van der Waals surface area contributed by atoms with Gasteiger partial charge in [0.15, 0.2) is 0 Å². The molecule has 1 aliphatic carbocycles. The van der Waals surface area contributed by atoms with Gasteiger partial charge in [-0.2, -0.15) is 0 Å². The van der Waals surface area contributed by atoms with E-state index in [0.29, 0.717) is 0 Å². The fourth-order valence-corrected chi connectivity index (χ4v) is 2.27. The van der Waals surface area contributed by atoms with E-state index in [1.807, 2.05) is 0 Å². The second kappa shape index (κ2) is 6.83. The Morgan fingerprint density at radius 1 is 1.40 bits per heavy atom. The smallest absolute Gasteiger partial charge is 0.320 e. The van der Waals surface area contributed by atoms with Crippen LogP contribution < -0.4 is 5.32 Å². The molecule has 88 valence electrons. The maximum absolute atomic E-state index is 10.5. The highest BCUT2D eigenvalue weighted by Gasteiger charge is 2.13. The van der Waals surface area contributed by atoms with Gasteiger partial charge in [-0.15, -0.1) is 0 Å². The van der Waals surface area contributed by atoms with Gasteiger partial charge in [0.2, 0.25) is 0 Å². The van der Waals surface area contributed by atoms with Gasteiger partial charge >= 0.3 is 5.97 Å². The monoisotopic (exact) mass is 213 g/mol. The van der Waals surface area contributed by atoms with Gasteiger partial charge in [-0.3, -0.25) is 4.79 Å². The van der Waals surface area contributed by atoms with Crippen LogP contribution >= 0.6 is 0 Å². The third kappa shape index (κ3) is 5.17. The normalized spacial score (nSPS) is 20.1. The van der Waals surface area contributed by atoms with Crippen LogP contribution in [-0.2, 0) is 4.79 Å². The van der Waals surface area contributed by atoms with Gasteiger partial charge in [-0.25, -0.2) is 0 Å². The van der Waals surface area contributed by atoms with Crippen LogP contribution in [0.1, 0.15) is 51.9 Å². The molecule has 0 bridgehead atoms. The van der Waals surface area contributed by atoms with Crippen LogP contribution in [-0.4, -0.2) is 23.7 Å². The Kier molecular flexibility index (Phi) is 5.69. The average Bonchev–Trinajstić information content (AvgIpc) is 2.25. The van der Waals surface area contributed by atoms with E-state index in [2.05, 4.69) is 5.32 Å². The van der Waals surface area contributed by atoms with Crippen molar-refractivity contribution in [2.24, 2.45) is 5.92 Å². The van der Waals surface area contributed by atoms with E-state index >= 15 is 0 Å². The molecule has 0 aromatic carbocycles. The summed E-state index contributed by atoms with van der Waals surface area (Å²) in [5, 5.41) is 11.7. The molecular formula is C12H23NO2. The molecule has 0 saturated heterocycles. The first-order valence-corrected chi connectivity index (χ1v) is 6.16. The van der Waals surface area contributed by atoms with Crippen LogP contribution in [0.5, 0.6) is 0 Å². The van der Waals surface area contributed by atoms with Crippen molar-refractivity contribution in [3.63, 3.8) is 0 Å². The lowest BCUT2D eigenvalue weighted by Crippen LogP contribution is -2.34. The van der Waals surface area contributed by atoms with Gasteiger partial charge in [0, 0.05) is 0 Å². The zero-order valence-corrected chi connectivity index (χ0v) is 9.67. The number of carbonyl (C=O) groups is 1. The van der Waals surface area contributed by atoms with Gasteiger partial charge in [0.1, 0.15) is 6.04 Å². The maximum Gasteiger partial charge on any atom is 0.320 e. The van der Waals surface area contributed by atoms with E-state index < -0.39 is 12.0 Å². The quantitative estimate of drug-likeness (QED) is 0.666. The van der Waals surface area contributed by atoms with E-state index in [1.165, 1.54) is 38.5 Å². The molecule has 0 aromatic heterocycles. The number of carboxylic acid groups (broad SMARTS) is 1. The predicted octanol–water partition coefficient (Wildman–Crippen LogP) is 2.41. The van der Waals surface area contributed by atoms with Crippen molar-refractivity contribution in [2.45, 2.75) is 57.9 Å². The Bertz CT molecular complexity index is 188. The largest absolute Gasteiger partial charge is 0.480 e. The van der Waals surface area contributed by atoms with Crippen molar-refractivity contribution in [1.82, 2.24) is 5.32 Å². The van der Waals surface area contributed by atoms with Crippen LogP contribution in [0, 0.1) is 5.92 Å². The molecule has 0 aromatic rings. The molecule has 0 radical (unpaired) electrons. The molecule has 0 heterocycles. The molecule has 3 nitrogen and oxygen atoms in total. The number of hydrogen-bond acceptors (Lipinski definition) is 2. The second-order valence-corrected chi connectivity index (χ2v) is 4.66. The number of nitrogens with one attached hydrogen (secondary N) is 1. The van der Waals surface area contributed by atoms with E-state index in [1.54, 1.807) is 6.92 Å². The topological polar surface area (TPSA) is 49.3 Å². The Labute approximate surface area is 92.3 Å². The molecule has 1 saturated carbocycles. The minimum atomic E-state index is -0.757. The Balaban J connectivity index is 1.98. The van der Waals surface area contributed by atoms with Gasteiger partial charge in [0.25, 0.3) is 0 Å². The van der Waals surface area contributed by atoms with Crippen LogP contribution in [0.4, 0.5) is 0 Å². The third-order valence-corrected chi connectivity index (χ3v) is 3.33. The molecular weight excluding hydrogens is 190 g/mol. The van der Waals surface area contributed by atoms with Crippen LogP contribution in [0.25, 0.3) is 0 Å². The summed E-state index contributed by atoms with van der Waals surface area (Å²) in [5.41, 5.74) is 0. The Morgan fingerprint density at radius 3 is 2.67 bits per heavy atom. The lowest BCUT2D eigenvalue weighted by Gasteiger charge is -2.21. The number of carboxylic acids is 1. The van der Waals surface area contributed by atoms with Crippen LogP contribution in [0.3, 0.4) is 0 Å². The molecule has 3 heteroatoms. The molecule has 0 unspecified atom stereocenters. The first-order chi connectivity index (χ1) is 7.20.